The zero-order valence-corrected chi connectivity index (χ0v) is 20.6. The summed E-state index contributed by atoms with van der Waals surface area (Å²) in [5, 5.41) is 18.5. The number of aliphatic hydroxyl groups is 1. The van der Waals surface area contributed by atoms with Crippen LogP contribution < -0.4 is 10.1 Å². The number of aromatic nitrogens is 2. The first-order valence-corrected chi connectivity index (χ1v) is 11.6. The molecule has 4 aromatic rings. The second-order valence-corrected chi connectivity index (χ2v) is 9.74. The minimum atomic E-state index is -0.714. The second-order valence-electron chi connectivity index (χ2n) is 9.74. The quantitative estimate of drug-likeness (QED) is 0.381. The summed E-state index contributed by atoms with van der Waals surface area (Å²) in [6, 6.07) is 15.6. The van der Waals surface area contributed by atoms with Gasteiger partial charge in [0.2, 0.25) is 5.91 Å². The number of ether oxygens (including phenoxy) is 1. The summed E-state index contributed by atoms with van der Waals surface area (Å²) in [4.78, 5) is 12.8. The van der Waals surface area contributed by atoms with Gasteiger partial charge in [0.05, 0.1) is 37.2 Å². The zero-order valence-electron chi connectivity index (χ0n) is 20.6. The smallest absolute Gasteiger partial charge is 0.225 e. The number of aliphatic hydroxyl groups excluding tert-OH is 1. The molecule has 1 amide bonds. The van der Waals surface area contributed by atoms with E-state index in [0.717, 1.165) is 16.5 Å². The molecule has 0 aliphatic heterocycles. The van der Waals surface area contributed by atoms with Crippen LogP contribution in [0, 0.1) is 17.0 Å². The lowest BCUT2D eigenvalue weighted by Crippen LogP contribution is -2.46. The fourth-order valence-electron chi connectivity index (χ4n) is 4.19. The number of amides is 1. The lowest BCUT2D eigenvalue weighted by Gasteiger charge is -2.30. The highest BCUT2D eigenvalue weighted by Gasteiger charge is 2.31. The maximum Gasteiger partial charge on any atom is 0.225 e. The molecule has 2 unspecified atom stereocenters. The first-order chi connectivity index (χ1) is 17.1. The first-order valence-electron chi connectivity index (χ1n) is 11.6. The Balaban J connectivity index is 1.80. The Bertz CT molecular complexity index is 1380. The van der Waals surface area contributed by atoms with E-state index in [0.29, 0.717) is 11.3 Å². The highest BCUT2D eigenvalue weighted by molar-refractivity contribution is 5.83. The van der Waals surface area contributed by atoms with Gasteiger partial charge >= 0.3 is 0 Å². The number of hydrogen-bond donors (Lipinski definition) is 2. The van der Waals surface area contributed by atoms with Crippen LogP contribution in [0.25, 0.3) is 16.6 Å². The number of nitrogens with zero attached hydrogens (tertiary/aromatic N) is 2. The molecular weight excluding hydrogens is 464 g/mol. The molecule has 6 nitrogen and oxygen atoms in total. The van der Waals surface area contributed by atoms with E-state index in [4.69, 9.17) is 4.74 Å². The average molecular weight is 494 g/mol. The number of halogens is 2. The molecule has 36 heavy (non-hydrogen) atoms. The van der Waals surface area contributed by atoms with Crippen molar-refractivity contribution in [3.63, 3.8) is 0 Å². The van der Waals surface area contributed by atoms with E-state index in [1.807, 2.05) is 18.2 Å². The van der Waals surface area contributed by atoms with Gasteiger partial charge in [-0.25, -0.2) is 13.5 Å². The number of methoxy groups -OCH3 is 1. The number of hydrogen-bond acceptors (Lipinski definition) is 4. The van der Waals surface area contributed by atoms with Crippen LogP contribution in [0.4, 0.5) is 8.78 Å². The van der Waals surface area contributed by atoms with Crippen molar-refractivity contribution in [2.75, 3.05) is 13.7 Å². The third kappa shape index (κ3) is 5.09. The molecule has 0 spiro atoms. The van der Waals surface area contributed by atoms with Crippen LogP contribution in [0.3, 0.4) is 0 Å². The molecule has 0 aliphatic carbocycles. The molecule has 0 bridgehead atoms. The first kappa shape index (κ1) is 25.3. The molecule has 1 heterocycles. The fourth-order valence-corrected chi connectivity index (χ4v) is 4.19. The molecule has 2 N–H and O–H groups in total. The molecule has 0 saturated heterocycles. The van der Waals surface area contributed by atoms with Gasteiger partial charge in [-0.3, -0.25) is 4.79 Å². The second kappa shape index (κ2) is 10.1. The molecule has 0 saturated carbocycles. The van der Waals surface area contributed by atoms with Gasteiger partial charge < -0.3 is 15.2 Å². The van der Waals surface area contributed by atoms with Crippen LogP contribution in [0.2, 0.25) is 0 Å². The normalized spacial score (nSPS) is 13.4. The topological polar surface area (TPSA) is 76.4 Å². The summed E-state index contributed by atoms with van der Waals surface area (Å²) in [6.45, 7) is 5.01. The Morgan fingerprint density at radius 3 is 2.33 bits per heavy atom. The molecule has 1 aromatic heterocycles. The van der Waals surface area contributed by atoms with Crippen LogP contribution >= 0.6 is 0 Å². The third-order valence-corrected chi connectivity index (χ3v) is 6.15. The third-order valence-electron chi connectivity index (χ3n) is 6.15. The molecule has 0 radical (unpaired) electrons. The Morgan fingerprint density at radius 2 is 1.72 bits per heavy atom. The summed E-state index contributed by atoms with van der Waals surface area (Å²) in [6.07, 6.45) is 1.69. The van der Waals surface area contributed by atoms with Crippen LogP contribution in [-0.4, -0.2) is 40.6 Å². The van der Waals surface area contributed by atoms with E-state index in [9.17, 15) is 18.7 Å². The lowest BCUT2D eigenvalue weighted by molar-refractivity contribution is -0.129. The van der Waals surface area contributed by atoms with E-state index in [-0.39, 0.29) is 24.1 Å². The van der Waals surface area contributed by atoms with Crippen molar-refractivity contribution < 1.29 is 23.4 Å². The zero-order chi connectivity index (χ0) is 26.0. The minimum Gasteiger partial charge on any atom is -0.494 e. The van der Waals surface area contributed by atoms with E-state index < -0.39 is 23.2 Å². The minimum absolute atomic E-state index is 0.104. The summed E-state index contributed by atoms with van der Waals surface area (Å²) in [7, 11) is 1.39. The number of nitrogens with one attached hydrogen (secondary N) is 1. The van der Waals surface area contributed by atoms with Gasteiger partial charge in [0.1, 0.15) is 5.82 Å². The van der Waals surface area contributed by atoms with E-state index in [1.165, 1.54) is 31.4 Å². The maximum atomic E-state index is 14.7. The monoisotopic (exact) mass is 493 g/mol. The van der Waals surface area contributed by atoms with Crippen molar-refractivity contribution in [3.8, 4) is 11.4 Å². The van der Waals surface area contributed by atoms with Gasteiger partial charge in [0, 0.05) is 16.7 Å². The summed E-state index contributed by atoms with van der Waals surface area (Å²) in [5.41, 5.74) is 2.16. The number of carbonyl (C=O) groups is 1. The number of fused-ring (bicyclic) bond motifs is 1. The summed E-state index contributed by atoms with van der Waals surface area (Å²) < 4.78 is 34.8. The molecule has 3 aromatic carbocycles. The highest BCUT2D eigenvalue weighted by atomic mass is 19.1. The number of benzene rings is 3. The predicted octanol–water partition coefficient (Wildman–Crippen LogP) is 4.97. The average Bonchev–Trinajstić information content (AvgIpc) is 3.27. The number of rotatable bonds is 7. The van der Waals surface area contributed by atoms with E-state index in [1.54, 1.807) is 49.8 Å². The molecular formula is C28H29F2N3O3. The van der Waals surface area contributed by atoms with Crippen molar-refractivity contribution in [2.45, 2.75) is 32.7 Å². The molecule has 2 atom stereocenters. The summed E-state index contributed by atoms with van der Waals surface area (Å²) in [5.74, 6) is -1.55. The Labute approximate surface area is 208 Å². The SMILES string of the molecule is COc1ccc(C(c2ccc3c(cnn3-c3ccc(F)cc3)c2)C(CO)NC(=O)C(C)(C)C)cc1F. The van der Waals surface area contributed by atoms with Crippen molar-refractivity contribution in [1.82, 2.24) is 15.1 Å². The Hall–Kier alpha value is -3.78. The molecule has 0 fully saturated rings. The van der Waals surface area contributed by atoms with Gasteiger partial charge in [-0.05, 0) is 59.7 Å². The molecule has 8 heteroatoms. The van der Waals surface area contributed by atoms with E-state index in [2.05, 4.69) is 10.4 Å². The molecule has 188 valence electrons. The largest absolute Gasteiger partial charge is 0.494 e. The Morgan fingerprint density at radius 1 is 1.06 bits per heavy atom. The highest BCUT2D eigenvalue weighted by Crippen LogP contribution is 2.34. The maximum absolute atomic E-state index is 14.7. The summed E-state index contributed by atoms with van der Waals surface area (Å²) >= 11 is 0. The lowest BCUT2D eigenvalue weighted by atomic mass is 9.83. The van der Waals surface area contributed by atoms with Crippen LogP contribution in [0.5, 0.6) is 5.75 Å². The van der Waals surface area contributed by atoms with E-state index >= 15 is 0 Å². The predicted molar refractivity (Wildman–Crippen MR) is 134 cm³/mol. The van der Waals surface area contributed by atoms with Gasteiger partial charge in [-0.1, -0.05) is 32.9 Å². The van der Waals surface area contributed by atoms with Gasteiger partial charge in [-0.15, -0.1) is 0 Å². The molecule has 4 rings (SSSR count). The van der Waals surface area contributed by atoms with Crippen molar-refractivity contribution in [3.05, 3.63) is 89.6 Å². The van der Waals surface area contributed by atoms with Gasteiger partial charge in [-0.2, -0.15) is 5.10 Å². The van der Waals surface area contributed by atoms with Crippen LogP contribution in [0.15, 0.2) is 66.9 Å². The van der Waals surface area contributed by atoms with Gasteiger partial charge in [0.15, 0.2) is 11.6 Å². The standard InChI is InChI=1S/C28H29F2N3O3/c1-28(2,3)27(35)32-23(16-34)26(18-6-12-25(36-4)22(30)14-18)17-5-11-24-19(13-17)15-31-33(24)21-9-7-20(29)8-10-21/h5-15,23,26,34H,16H2,1-4H3,(H,32,35). The van der Waals surface area contributed by atoms with Crippen molar-refractivity contribution >= 4 is 16.8 Å². The van der Waals surface area contributed by atoms with Crippen molar-refractivity contribution in [2.24, 2.45) is 5.41 Å². The fraction of sp³-hybridized carbons (Fsp3) is 0.286. The van der Waals surface area contributed by atoms with Gasteiger partial charge in [0.25, 0.3) is 0 Å². The van der Waals surface area contributed by atoms with Crippen LogP contribution in [0.1, 0.15) is 37.8 Å². The van der Waals surface area contributed by atoms with Crippen molar-refractivity contribution in [1.29, 1.82) is 0 Å². The molecule has 0 aliphatic rings. The Kier molecular flexibility index (Phi) is 7.08. The number of carbonyl (C=O) groups excluding carboxylic acids is 1. The van der Waals surface area contributed by atoms with Crippen LogP contribution in [-0.2, 0) is 4.79 Å².